The summed E-state index contributed by atoms with van der Waals surface area (Å²) in [5, 5.41) is 35.6. The zero-order chi connectivity index (χ0) is 12.1. The Kier molecular flexibility index (Phi) is 6.65. The number of hydrogen-bond acceptors (Lipinski definition) is 6. The first-order valence-corrected chi connectivity index (χ1v) is 8.76. The molecule has 3 unspecified atom stereocenters. The lowest BCUT2D eigenvalue weighted by atomic mass is 10.1. The van der Waals surface area contributed by atoms with Gasteiger partial charge in [0.2, 0.25) is 0 Å². The van der Waals surface area contributed by atoms with Gasteiger partial charge < -0.3 is 28.7 Å². The van der Waals surface area contributed by atoms with Crippen LogP contribution >= 0.6 is 0 Å². The Balaban J connectivity index is 4.69. The molecule has 0 rings (SSSR count). The van der Waals surface area contributed by atoms with Crippen molar-refractivity contribution in [3.05, 3.63) is 0 Å². The van der Waals surface area contributed by atoms with Crippen molar-refractivity contribution >= 4 is 40.5 Å². The molecule has 10 heteroatoms. The highest BCUT2D eigenvalue weighted by Gasteiger charge is 2.46. The quantitative estimate of drug-likeness (QED) is 0.348. The number of aliphatic hydroxyl groups is 4. The molecule has 0 spiro atoms. The highest BCUT2D eigenvalue weighted by Crippen LogP contribution is 2.20. The summed E-state index contributed by atoms with van der Waals surface area (Å²) >= 11 is 0. The molecular formula is C5H20O6Si4. The van der Waals surface area contributed by atoms with E-state index in [2.05, 4.69) is 0 Å². The monoisotopic (exact) mass is 288 g/mol. The maximum atomic E-state index is 9.93. The Morgan fingerprint density at radius 1 is 1.27 bits per heavy atom. The van der Waals surface area contributed by atoms with Crippen molar-refractivity contribution in [2.75, 3.05) is 6.61 Å². The third-order valence-electron chi connectivity index (χ3n) is 2.20. The molecule has 0 aliphatic carbocycles. The van der Waals surface area contributed by atoms with Crippen molar-refractivity contribution in [1.82, 2.24) is 0 Å². The van der Waals surface area contributed by atoms with Gasteiger partial charge in [0.25, 0.3) is 0 Å². The van der Waals surface area contributed by atoms with Crippen LogP contribution in [0.3, 0.4) is 0 Å². The zero-order valence-electron chi connectivity index (χ0n) is 9.30. The fourth-order valence-electron chi connectivity index (χ4n) is 1.41. The van der Waals surface area contributed by atoms with Crippen LogP contribution in [0.4, 0.5) is 0 Å². The maximum Gasteiger partial charge on any atom is 0.185 e. The van der Waals surface area contributed by atoms with Gasteiger partial charge in [0.15, 0.2) is 19.5 Å². The first-order valence-electron chi connectivity index (χ1n) is 4.55. The molecule has 0 aliphatic rings. The Morgan fingerprint density at radius 3 is 2.07 bits per heavy atom. The summed E-state index contributed by atoms with van der Waals surface area (Å²) in [7, 11) is -1.87. The van der Waals surface area contributed by atoms with Gasteiger partial charge >= 0.3 is 0 Å². The Morgan fingerprint density at radius 2 is 1.73 bits per heavy atom. The predicted octanol–water partition coefficient (Wildman–Crippen LogP) is -6.50. The van der Waals surface area contributed by atoms with E-state index in [1.54, 1.807) is 0 Å². The summed E-state index contributed by atoms with van der Waals surface area (Å²) in [6.45, 7) is 0.818. The van der Waals surface area contributed by atoms with E-state index in [9.17, 15) is 15.3 Å². The molecule has 3 atom stereocenters. The summed E-state index contributed by atoms with van der Waals surface area (Å²) in [5.41, 5.74) is 0. The third-order valence-corrected chi connectivity index (χ3v) is 6.59. The van der Waals surface area contributed by atoms with Crippen LogP contribution in [0.2, 0.25) is 0 Å². The molecule has 0 aromatic carbocycles. The molecule has 0 aromatic rings. The van der Waals surface area contributed by atoms with E-state index in [1.807, 2.05) is 0 Å². The predicted molar refractivity (Wildman–Crippen MR) is 67.8 cm³/mol. The molecule has 15 heavy (non-hydrogen) atoms. The molecule has 6 nitrogen and oxygen atoms in total. The average Bonchev–Trinajstić information content (AvgIpc) is 2.17. The first kappa shape index (κ1) is 15.6. The van der Waals surface area contributed by atoms with Gasteiger partial charge in [-0.25, -0.2) is 0 Å². The fourth-order valence-corrected chi connectivity index (χ4v) is 7.26. The van der Waals surface area contributed by atoms with Gasteiger partial charge in [-0.1, -0.05) is 0 Å². The summed E-state index contributed by atoms with van der Waals surface area (Å²) in [6.07, 6.45) is -1.41. The highest BCUT2D eigenvalue weighted by atomic mass is 28.3. The minimum absolute atomic E-state index is 0.444. The first-order chi connectivity index (χ1) is 6.84. The minimum atomic E-state index is -1.68. The highest BCUT2D eigenvalue weighted by molar-refractivity contribution is 6.40. The molecule has 0 aromatic heterocycles. The van der Waals surface area contributed by atoms with Crippen LogP contribution < -0.4 is 0 Å². The fraction of sp³-hybridized carbons (Fsp3) is 1.00. The van der Waals surface area contributed by atoms with Gasteiger partial charge in [0.1, 0.15) is 37.5 Å². The molecule has 0 saturated carbocycles. The summed E-state index contributed by atoms with van der Waals surface area (Å²) in [4.78, 5) is 0. The van der Waals surface area contributed by atoms with Crippen LogP contribution in [0.5, 0.6) is 0 Å². The van der Waals surface area contributed by atoms with Crippen molar-refractivity contribution in [1.29, 1.82) is 0 Å². The number of aliphatic hydroxyl groups excluding tert-OH is 2. The maximum absolute atomic E-state index is 9.93. The second kappa shape index (κ2) is 6.38. The van der Waals surface area contributed by atoms with Crippen LogP contribution in [0, 0.1) is 0 Å². The van der Waals surface area contributed by atoms with Crippen LogP contribution in [-0.2, 0) is 8.23 Å². The van der Waals surface area contributed by atoms with Crippen molar-refractivity contribution in [2.24, 2.45) is 0 Å². The van der Waals surface area contributed by atoms with E-state index in [-0.39, 0.29) is 0 Å². The second-order valence-corrected chi connectivity index (χ2v) is 11.7. The van der Waals surface area contributed by atoms with Gasteiger partial charge in [0.05, 0.1) is 6.61 Å². The van der Waals surface area contributed by atoms with Gasteiger partial charge in [-0.3, -0.25) is 0 Å². The third kappa shape index (κ3) is 4.18. The Hall–Kier alpha value is 0.628. The lowest BCUT2D eigenvalue weighted by Gasteiger charge is -2.38. The van der Waals surface area contributed by atoms with Crippen LogP contribution in [0.1, 0.15) is 6.92 Å². The van der Waals surface area contributed by atoms with Crippen LogP contribution in [0.15, 0.2) is 0 Å². The molecule has 92 valence electrons. The van der Waals surface area contributed by atoms with Gasteiger partial charge in [0, 0.05) is 0 Å². The van der Waals surface area contributed by atoms with Gasteiger partial charge in [-0.15, -0.1) is 0 Å². The van der Waals surface area contributed by atoms with Crippen molar-refractivity contribution in [3.8, 4) is 0 Å². The van der Waals surface area contributed by atoms with Gasteiger partial charge in [-0.2, -0.15) is 0 Å². The van der Waals surface area contributed by atoms with E-state index in [0.29, 0.717) is 21.0 Å². The lowest BCUT2D eigenvalue weighted by molar-refractivity contribution is -0.119. The average molecular weight is 289 g/mol. The molecule has 0 bridgehead atoms. The Bertz CT molecular complexity index is 192. The second-order valence-electron chi connectivity index (χ2n) is 3.89. The number of rotatable bonds is 7. The van der Waals surface area contributed by atoms with E-state index >= 15 is 0 Å². The van der Waals surface area contributed by atoms with E-state index in [1.165, 1.54) is 6.92 Å². The molecule has 0 saturated heterocycles. The smallest absolute Gasteiger partial charge is 0.185 e. The molecule has 0 fully saturated rings. The summed E-state index contributed by atoms with van der Waals surface area (Å²) in [5.74, 6) is 0. The minimum Gasteiger partial charge on any atom is -0.466 e. The SMILES string of the molecule is CC(O)([SiH2]O[SiH3])C(O)C(O)(CO)[SiH2]O[SiH3]. The lowest BCUT2D eigenvalue weighted by Crippen LogP contribution is -2.63. The van der Waals surface area contributed by atoms with Crippen molar-refractivity contribution in [2.45, 2.75) is 23.5 Å². The van der Waals surface area contributed by atoms with Crippen LogP contribution in [-0.4, -0.2) is 84.1 Å². The molecule has 0 amide bonds. The van der Waals surface area contributed by atoms with E-state index in [0.717, 1.165) is 0 Å². The van der Waals surface area contributed by atoms with Gasteiger partial charge in [-0.05, 0) is 6.92 Å². The van der Waals surface area contributed by atoms with Crippen LogP contribution in [0.25, 0.3) is 0 Å². The van der Waals surface area contributed by atoms with Crippen molar-refractivity contribution < 1.29 is 28.7 Å². The summed E-state index contributed by atoms with van der Waals surface area (Å²) in [6, 6.07) is 0. The van der Waals surface area contributed by atoms with E-state index in [4.69, 9.17) is 13.3 Å². The topological polar surface area (TPSA) is 99.4 Å². The molecular weight excluding hydrogens is 268 g/mol. The zero-order valence-corrected chi connectivity index (χ0v) is 16.1. The Labute approximate surface area is 99.6 Å². The molecule has 0 heterocycles. The largest absolute Gasteiger partial charge is 0.466 e. The summed E-state index contributed by atoms with van der Waals surface area (Å²) < 4.78 is 9.98. The normalized spacial score (nSPS) is 23.8. The molecule has 4 N–H and O–H groups in total. The van der Waals surface area contributed by atoms with E-state index < -0.39 is 42.7 Å². The standard InChI is InChI=1S/C5H20O6Si4/c1-4(8,14-10-12)3(7)5(9,2-6)15-11-13/h3,6-9H,2,14-15H2,1,12-13H3. The number of hydrogen-bond donors (Lipinski definition) is 4. The molecule has 0 radical (unpaired) electrons. The van der Waals surface area contributed by atoms with Crippen molar-refractivity contribution in [3.63, 3.8) is 0 Å². The molecule has 0 aliphatic heterocycles.